The second-order valence-corrected chi connectivity index (χ2v) is 3.74. The molecule has 0 amide bonds. The molecule has 82 valence electrons. The molecular weight excluding hydrogens is 188 g/mol. The number of benzene rings is 1. The lowest BCUT2D eigenvalue weighted by atomic mass is 10.1. The lowest BCUT2D eigenvalue weighted by Gasteiger charge is -2.10. The van der Waals surface area contributed by atoms with E-state index in [1.54, 1.807) is 24.3 Å². The number of nitrogens with one attached hydrogen (secondary N) is 1. The zero-order valence-electron chi connectivity index (χ0n) is 9.29. The summed E-state index contributed by atoms with van der Waals surface area (Å²) < 4.78 is 0. The van der Waals surface area contributed by atoms with Crippen molar-refractivity contribution in [2.45, 2.75) is 26.3 Å². The summed E-state index contributed by atoms with van der Waals surface area (Å²) >= 11 is 0. The fourth-order valence-electron chi connectivity index (χ4n) is 1.23. The number of carbonyl (C=O) groups excluding carboxylic acids is 1. The van der Waals surface area contributed by atoms with Crippen molar-refractivity contribution in [2.75, 3.05) is 12.3 Å². The Bertz CT molecular complexity index is 336. The summed E-state index contributed by atoms with van der Waals surface area (Å²) in [4.78, 5) is 11.7. The van der Waals surface area contributed by atoms with Gasteiger partial charge in [0.1, 0.15) is 0 Å². The van der Waals surface area contributed by atoms with Crippen LogP contribution in [-0.2, 0) is 0 Å². The van der Waals surface area contributed by atoms with Gasteiger partial charge in [0.15, 0.2) is 5.78 Å². The summed E-state index contributed by atoms with van der Waals surface area (Å²) in [6, 6.07) is 7.44. The van der Waals surface area contributed by atoms with Crippen LogP contribution in [0.1, 0.15) is 30.6 Å². The van der Waals surface area contributed by atoms with Crippen LogP contribution in [0.5, 0.6) is 0 Å². The Morgan fingerprint density at radius 1 is 1.53 bits per heavy atom. The van der Waals surface area contributed by atoms with E-state index in [0.29, 0.717) is 23.8 Å². The predicted octanol–water partition coefficient (Wildman–Crippen LogP) is 1.84. The number of Topliss-reactive ketones (excluding diaryl/α,β-unsaturated/α-hetero) is 1. The molecule has 3 nitrogen and oxygen atoms in total. The highest BCUT2D eigenvalue weighted by atomic mass is 16.1. The second-order valence-electron chi connectivity index (χ2n) is 3.74. The normalized spacial score (nSPS) is 12.4. The van der Waals surface area contributed by atoms with Gasteiger partial charge in [-0.3, -0.25) is 4.79 Å². The Hall–Kier alpha value is -1.35. The standard InChI is InChI=1S/C12H18N2O/c1-3-9(2)14-8-12(15)10-5-4-6-11(13)7-10/h4-7,9,14H,3,8,13H2,1-2H3. The molecule has 3 heteroatoms. The summed E-state index contributed by atoms with van der Waals surface area (Å²) in [7, 11) is 0. The van der Waals surface area contributed by atoms with E-state index < -0.39 is 0 Å². The minimum absolute atomic E-state index is 0.0857. The van der Waals surface area contributed by atoms with Gasteiger partial charge in [0.05, 0.1) is 6.54 Å². The van der Waals surface area contributed by atoms with Gasteiger partial charge >= 0.3 is 0 Å². The molecule has 1 aromatic rings. The smallest absolute Gasteiger partial charge is 0.176 e. The van der Waals surface area contributed by atoms with E-state index in [-0.39, 0.29) is 5.78 Å². The van der Waals surface area contributed by atoms with Crippen LogP contribution in [0.25, 0.3) is 0 Å². The van der Waals surface area contributed by atoms with Gasteiger partial charge < -0.3 is 11.1 Å². The predicted molar refractivity (Wildman–Crippen MR) is 62.9 cm³/mol. The van der Waals surface area contributed by atoms with Crippen molar-refractivity contribution in [3.8, 4) is 0 Å². The topological polar surface area (TPSA) is 55.1 Å². The third kappa shape index (κ3) is 3.72. The minimum Gasteiger partial charge on any atom is -0.399 e. The van der Waals surface area contributed by atoms with E-state index in [1.165, 1.54) is 0 Å². The van der Waals surface area contributed by atoms with Gasteiger partial charge in [-0.25, -0.2) is 0 Å². The molecule has 0 aromatic heterocycles. The quantitative estimate of drug-likeness (QED) is 0.571. The highest BCUT2D eigenvalue weighted by molar-refractivity contribution is 5.98. The van der Waals surface area contributed by atoms with E-state index in [9.17, 15) is 4.79 Å². The summed E-state index contributed by atoms with van der Waals surface area (Å²) in [5.74, 6) is 0.0857. The third-order valence-electron chi connectivity index (χ3n) is 2.43. The van der Waals surface area contributed by atoms with Crippen molar-refractivity contribution < 1.29 is 4.79 Å². The molecule has 1 rings (SSSR count). The van der Waals surface area contributed by atoms with Crippen LogP contribution in [0, 0.1) is 0 Å². The second kappa shape index (κ2) is 5.51. The summed E-state index contributed by atoms with van der Waals surface area (Å²) in [6.45, 7) is 4.52. The van der Waals surface area contributed by atoms with Crippen molar-refractivity contribution in [3.63, 3.8) is 0 Å². The van der Waals surface area contributed by atoms with Gasteiger partial charge in [-0.15, -0.1) is 0 Å². The first-order chi connectivity index (χ1) is 7.13. The van der Waals surface area contributed by atoms with Crippen molar-refractivity contribution >= 4 is 11.5 Å². The maximum atomic E-state index is 11.7. The molecule has 0 aliphatic heterocycles. The van der Waals surface area contributed by atoms with Crippen LogP contribution in [0.3, 0.4) is 0 Å². The molecule has 0 fully saturated rings. The fourth-order valence-corrected chi connectivity index (χ4v) is 1.23. The van der Waals surface area contributed by atoms with E-state index >= 15 is 0 Å². The summed E-state index contributed by atoms with van der Waals surface area (Å²) in [5.41, 5.74) is 6.91. The van der Waals surface area contributed by atoms with E-state index in [1.807, 2.05) is 0 Å². The minimum atomic E-state index is 0.0857. The Kier molecular flexibility index (Phi) is 4.31. The molecule has 0 spiro atoms. The average Bonchev–Trinajstić information content (AvgIpc) is 2.25. The van der Waals surface area contributed by atoms with E-state index in [0.717, 1.165) is 6.42 Å². The molecule has 0 aliphatic rings. The first-order valence-electron chi connectivity index (χ1n) is 5.25. The number of carbonyl (C=O) groups is 1. The number of rotatable bonds is 5. The van der Waals surface area contributed by atoms with Crippen LogP contribution in [-0.4, -0.2) is 18.4 Å². The van der Waals surface area contributed by atoms with E-state index in [4.69, 9.17) is 5.73 Å². The average molecular weight is 206 g/mol. The fraction of sp³-hybridized carbons (Fsp3) is 0.417. The van der Waals surface area contributed by atoms with Crippen molar-refractivity contribution in [3.05, 3.63) is 29.8 Å². The van der Waals surface area contributed by atoms with Crippen molar-refractivity contribution in [1.29, 1.82) is 0 Å². The van der Waals surface area contributed by atoms with Crippen LogP contribution in [0.4, 0.5) is 5.69 Å². The molecular formula is C12H18N2O. The SMILES string of the molecule is CCC(C)NCC(=O)c1cccc(N)c1. The van der Waals surface area contributed by atoms with Crippen molar-refractivity contribution in [2.24, 2.45) is 0 Å². The zero-order valence-corrected chi connectivity index (χ0v) is 9.29. The first-order valence-corrected chi connectivity index (χ1v) is 5.25. The maximum Gasteiger partial charge on any atom is 0.176 e. The largest absolute Gasteiger partial charge is 0.399 e. The van der Waals surface area contributed by atoms with Crippen LogP contribution in [0.15, 0.2) is 24.3 Å². The first kappa shape index (κ1) is 11.7. The number of anilines is 1. The summed E-state index contributed by atoms with van der Waals surface area (Å²) in [6.07, 6.45) is 1.02. The Labute approximate surface area is 90.7 Å². The van der Waals surface area contributed by atoms with Crippen LogP contribution < -0.4 is 11.1 Å². The lowest BCUT2D eigenvalue weighted by molar-refractivity contribution is 0.0987. The zero-order chi connectivity index (χ0) is 11.3. The Balaban J connectivity index is 2.54. The lowest BCUT2D eigenvalue weighted by Crippen LogP contribution is -2.30. The maximum absolute atomic E-state index is 11.7. The van der Waals surface area contributed by atoms with Crippen molar-refractivity contribution in [1.82, 2.24) is 5.32 Å². The molecule has 3 N–H and O–H groups in total. The molecule has 1 atom stereocenters. The van der Waals surface area contributed by atoms with Gasteiger partial charge in [0, 0.05) is 17.3 Å². The highest BCUT2D eigenvalue weighted by Crippen LogP contribution is 2.06. The molecule has 1 aromatic carbocycles. The van der Waals surface area contributed by atoms with Crippen LogP contribution >= 0.6 is 0 Å². The number of hydrogen-bond donors (Lipinski definition) is 2. The molecule has 1 unspecified atom stereocenters. The molecule has 0 radical (unpaired) electrons. The third-order valence-corrected chi connectivity index (χ3v) is 2.43. The molecule has 0 saturated carbocycles. The molecule has 0 bridgehead atoms. The Morgan fingerprint density at radius 2 is 2.27 bits per heavy atom. The number of nitrogens with two attached hydrogens (primary N) is 1. The molecule has 0 aliphatic carbocycles. The number of hydrogen-bond acceptors (Lipinski definition) is 3. The van der Waals surface area contributed by atoms with Gasteiger partial charge in [-0.05, 0) is 25.5 Å². The number of nitrogen functional groups attached to an aromatic ring is 1. The van der Waals surface area contributed by atoms with Gasteiger partial charge in [0.2, 0.25) is 0 Å². The highest BCUT2D eigenvalue weighted by Gasteiger charge is 2.06. The molecule has 0 heterocycles. The number of ketones is 1. The molecule has 0 saturated heterocycles. The van der Waals surface area contributed by atoms with Gasteiger partial charge in [-0.1, -0.05) is 19.1 Å². The molecule has 15 heavy (non-hydrogen) atoms. The van der Waals surface area contributed by atoms with Gasteiger partial charge in [-0.2, -0.15) is 0 Å². The van der Waals surface area contributed by atoms with Crippen LogP contribution in [0.2, 0.25) is 0 Å². The summed E-state index contributed by atoms with van der Waals surface area (Å²) in [5, 5.41) is 3.16. The van der Waals surface area contributed by atoms with E-state index in [2.05, 4.69) is 19.2 Å². The van der Waals surface area contributed by atoms with Gasteiger partial charge in [0.25, 0.3) is 0 Å². The monoisotopic (exact) mass is 206 g/mol. The Morgan fingerprint density at radius 3 is 2.87 bits per heavy atom.